The molecule has 0 amide bonds. The minimum atomic E-state index is 0.585. The summed E-state index contributed by atoms with van der Waals surface area (Å²) in [6.45, 7) is 2.95. The molecule has 0 aliphatic carbocycles. The van der Waals surface area contributed by atoms with Crippen LogP contribution < -0.4 is 10.2 Å². The van der Waals surface area contributed by atoms with Crippen LogP contribution in [0.2, 0.25) is 5.02 Å². The van der Waals surface area contributed by atoms with E-state index in [1.165, 1.54) is 11.3 Å². The van der Waals surface area contributed by atoms with Gasteiger partial charge in [0.1, 0.15) is 5.82 Å². The zero-order valence-electron chi connectivity index (χ0n) is 13.3. The zero-order valence-corrected chi connectivity index (χ0v) is 14.1. The fraction of sp³-hybridized carbons (Fsp3) is 0.158. The number of aryl methyl sites for hydroxylation is 1. The average molecular weight is 337 g/mol. The van der Waals surface area contributed by atoms with Gasteiger partial charge in [0.15, 0.2) is 0 Å². The normalized spacial score (nSPS) is 13.0. The molecule has 0 bridgehead atoms. The average Bonchev–Trinajstić information content (AvgIpc) is 3.02. The van der Waals surface area contributed by atoms with E-state index in [-0.39, 0.29) is 0 Å². The van der Waals surface area contributed by atoms with Gasteiger partial charge in [0.2, 0.25) is 5.95 Å². The second kappa shape index (κ2) is 6.13. The lowest BCUT2D eigenvalue weighted by Crippen LogP contribution is -2.15. The Labute approximate surface area is 146 Å². The molecule has 1 aliphatic rings. The number of rotatable bonds is 3. The first-order chi connectivity index (χ1) is 11.7. The van der Waals surface area contributed by atoms with E-state index in [1.807, 2.05) is 31.2 Å². The number of fused-ring (bicyclic) bond motifs is 1. The molecule has 1 aromatic heterocycles. The van der Waals surface area contributed by atoms with Crippen molar-refractivity contribution < 1.29 is 0 Å². The second-order valence-electron chi connectivity index (χ2n) is 5.85. The summed E-state index contributed by atoms with van der Waals surface area (Å²) < 4.78 is 0. The highest BCUT2D eigenvalue weighted by Gasteiger charge is 2.21. The fourth-order valence-corrected chi connectivity index (χ4v) is 3.25. The Morgan fingerprint density at radius 3 is 2.88 bits per heavy atom. The van der Waals surface area contributed by atoms with Crippen molar-refractivity contribution in [2.24, 2.45) is 0 Å². The van der Waals surface area contributed by atoms with Gasteiger partial charge in [-0.05, 0) is 54.8 Å². The predicted molar refractivity (Wildman–Crippen MR) is 98.7 cm³/mol. The van der Waals surface area contributed by atoms with Crippen LogP contribution in [-0.2, 0) is 6.42 Å². The third-order valence-electron chi connectivity index (χ3n) is 4.24. The Hall–Kier alpha value is -2.59. The van der Waals surface area contributed by atoms with Gasteiger partial charge in [-0.15, -0.1) is 0 Å². The molecule has 2 aromatic carbocycles. The smallest absolute Gasteiger partial charge is 0.229 e. The van der Waals surface area contributed by atoms with Crippen LogP contribution in [0, 0.1) is 6.92 Å². The summed E-state index contributed by atoms with van der Waals surface area (Å²) in [6, 6.07) is 16.1. The van der Waals surface area contributed by atoms with Gasteiger partial charge >= 0.3 is 0 Å². The predicted octanol–water partition coefficient (Wildman–Crippen LogP) is 4.88. The van der Waals surface area contributed by atoms with E-state index in [4.69, 9.17) is 11.6 Å². The maximum atomic E-state index is 6.01. The molecule has 3 aromatic rings. The quantitative estimate of drug-likeness (QED) is 0.740. The maximum Gasteiger partial charge on any atom is 0.229 e. The van der Waals surface area contributed by atoms with Crippen LogP contribution in [0.15, 0.2) is 54.7 Å². The molecule has 0 radical (unpaired) electrons. The molecule has 2 heterocycles. The van der Waals surface area contributed by atoms with Crippen LogP contribution in [0.25, 0.3) is 0 Å². The van der Waals surface area contributed by atoms with Gasteiger partial charge < -0.3 is 10.2 Å². The van der Waals surface area contributed by atoms with Gasteiger partial charge in [-0.3, -0.25) is 0 Å². The zero-order chi connectivity index (χ0) is 16.5. The van der Waals surface area contributed by atoms with E-state index in [0.29, 0.717) is 5.95 Å². The molecule has 0 saturated heterocycles. The Morgan fingerprint density at radius 1 is 1.12 bits per heavy atom. The second-order valence-corrected chi connectivity index (χ2v) is 6.29. The lowest BCUT2D eigenvalue weighted by Gasteiger charge is -2.19. The van der Waals surface area contributed by atoms with Crippen molar-refractivity contribution in [3.8, 4) is 0 Å². The standard InChI is InChI=1S/C19H17ClN4/c1-13-12-15(20)6-7-16(13)22-19-21-10-8-18(23-19)24-11-9-14-4-2-3-5-17(14)24/h2-8,10,12H,9,11H2,1H3,(H,21,22,23). The number of anilines is 4. The molecule has 1 N–H and O–H groups in total. The van der Waals surface area contributed by atoms with Crippen LogP contribution in [0.5, 0.6) is 0 Å². The molecule has 4 nitrogen and oxygen atoms in total. The summed E-state index contributed by atoms with van der Waals surface area (Å²) in [7, 11) is 0. The van der Waals surface area contributed by atoms with Crippen molar-refractivity contribution in [2.45, 2.75) is 13.3 Å². The number of hydrogen-bond donors (Lipinski definition) is 1. The highest BCUT2D eigenvalue weighted by atomic mass is 35.5. The number of aromatic nitrogens is 2. The Kier molecular flexibility index (Phi) is 3.82. The summed E-state index contributed by atoms with van der Waals surface area (Å²) in [6.07, 6.45) is 2.83. The molecule has 0 fully saturated rings. The summed E-state index contributed by atoms with van der Waals surface area (Å²) in [5.74, 6) is 1.49. The molecule has 0 unspecified atom stereocenters. The minimum Gasteiger partial charge on any atom is -0.326 e. The van der Waals surface area contributed by atoms with E-state index >= 15 is 0 Å². The van der Waals surface area contributed by atoms with Crippen molar-refractivity contribution in [3.05, 3.63) is 70.9 Å². The number of nitrogens with one attached hydrogen (secondary N) is 1. The topological polar surface area (TPSA) is 41.1 Å². The summed E-state index contributed by atoms with van der Waals surface area (Å²) >= 11 is 6.01. The number of hydrogen-bond acceptors (Lipinski definition) is 4. The Bertz CT molecular complexity index is 894. The van der Waals surface area contributed by atoms with Gasteiger partial charge in [0, 0.05) is 29.1 Å². The van der Waals surface area contributed by atoms with Crippen LogP contribution in [0.1, 0.15) is 11.1 Å². The van der Waals surface area contributed by atoms with Crippen molar-refractivity contribution in [1.29, 1.82) is 0 Å². The molecule has 0 spiro atoms. The summed E-state index contributed by atoms with van der Waals surface area (Å²) in [4.78, 5) is 11.3. The first kappa shape index (κ1) is 15.0. The van der Waals surface area contributed by atoms with E-state index in [2.05, 4.69) is 44.5 Å². The van der Waals surface area contributed by atoms with Gasteiger partial charge in [0.25, 0.3) is 0 Å². The fourth-order valence-electron chi connectivity index (χ4n) is 3.02. The highest BCUT2D eigenvalue weighted by Crippen LogP contribution is 2.33. The lowest BCUT2D eigenvalue weighted by atomic mass is 10.2. The monoisotopic (exact) mass is 336 g/mol. The first-order valence-corrected chi connectivity index (χ1v) is 8.30. The molecule has 0 saturated carbocycles. The Morgan fingerprint density at radius 2 is 2.00 bits per heavy atom. The van der Waals surface area contributed by atoms with Crippen molar-refractivity contribution in [1.82, 2.24) is 9.97 Å². The molecule has 5 heteroatoms. The van der Waals surface area contributed by atoms with Gasteiger partial charge in [-0.2, -0.15) is 4.98 Å². The number of nitrogens with zero attached hydrogens (tertiary/aromatic N) is 3. The third kappa shape index (κ3) is 2.81. The molecule has 0 atom stereocenters. The summed E-state index contributed by atoms with van der Waals surface area (Å²) in [5, 5.41) is 4.00. The Balaban J connectivity index is 1.63. The largest absolute Gasteiger partial charge is 0.326 e. The molecule has 1 aliphatic heterocycles. The maximum absolute atomic E-state index is 6.01. The first-order valence-electron chi connectivity index (χ1n) is 7.92. The number of benzene rings is 2. The van der Waals surface area contributed by atoms with Gasteiger partial charge in [-0.1, -0.05) is 29.8 Å². The van der Waals surface area contributed by atoms with Gasteiger partial charge in [-0.25, -0.2) is 4.98 Å². The van der Waals surface area contributed by atoms with Crippen LogP contribution in [0.4, 0.5) is 23.1 Å². The van der Waals surface area contributed by atoms with Crippen molar-refractivity contribution in [2.75, 3.05) is 16.8 Å². The van der Waals surface area contributed by atoms with Crippen LogP contribution in [-0.4, -0.2) is 16.5 Å². The lowest BCUT2D eigenvalue weighted by molar-refractivity contribution is 0.966. The molecular formula is C19H17ClN4. The summed E-state index contributed by atoms with van der Waals surface area (Å²) in [5.41, 5.74) is 4.60. The molecule has 4 rings (SSSR count). The third-order valence-corrected chi connectivity index (χ3v) is 4.47. The highest BCUT2D eigenvalue weighted by molar-refractivity contribution is 6.30. The molecular weight excluding hydrogens is 320 g/mol. The van der Waals surface area contributed by atoms with Crippen LogP contribution in [0.3, 0.4) is 0 Å². The number of halogens is 1. The SMILES string of the molecule is Cc1cc(Cl)ccc1Nc1nccc(N2CCc3ccccc32)n1. The number of para-hydroxylation sites is 1. The minimum absolute atomic E-state index is 0.585. The van der Waals surface area contributed by atoms with Crippen molar-refractivity contribution in [3.63, 3.8) is 0 Å². The van der Waals surface area contributed by atoms with E-state index in [0.717, 1.165) is 35.1 Å². The van der Waals surface area contributed by atoms with Gasteiger partial charge in [0.05, 0.1) is 0 Å². The van der Waals surface area contributed by atoms with E-state index in [9.17, 15) is 0 Å². The molecule has 120 valence electrons. The van der Waals surface area contributed by atoms with E-state index in [1.54, 1.807) is 6.20 Å². The van der Waals surface area contributed by atoms with Crippen molar-refractivity contribution >= 4 is 34.7 Å². The van der Waals surface area contributed by atoms with E-state index < -0.39 is 0 Å². The molecule has 24 heavy (non-hydrogen) atoms. The van der Waals surface area contributed by atoms with Crippen LogP contribution >= 0.6 is 11.6 Å².